The first kappa shape index (κ1) is 14.0. The standard InChI is InChI=1S/C13H15F2N3S/c1-8(2)6-16-7-12-17-18-13(19-12)10-5-9(14)3-4-11(10)15/h3-5,8,16H,6-7H2,1-2H3. The van der Waals surface area contributed by atoms with Crippen molar-refractivity contribution in [2.75, 3.05) is 6.54 Å². The van der Waals surface area contributed by atoms with Crippen molar-refractivity contribution < 1.29 is 8.78 Å². The van der Waals surface area contributed by atoms with E-state index in [0.717, 1.165) is 29.8 Å². The molecule has 0 amide bonds. The van der Waals surface area contributed by atoms with Gasteiger partial charge >= 0.3 is 0 Å². The van der Waals surface area contributed by atoms with Gasteiger partial charge in [0.15, 0.2) is 5.01 Å². The molecule has 0 spiro atoms. The minimum Gasteiger partial charge on any atom is -0.310 e. The van der Waals surface area contributed by atoms with Crippen LogP contribution < -0.4 is 5.32 Å². The second kappa shape index (κ2) is 6.16. The zero-order valence-corrected chi connectivity index (χ0v) is 11.6. The Hall–Kier alpha value is -1.40. The molecule has 0 atom stereocenters. The van der Waals surface area contributed by atoms with Crippen LogP contribution in [0.25, 0.3) is 10.6 Å². The lowest BCUT2D eigenvalue weighted by Crippen LogP contribution is -2.18. The van der Waals surface area contributed by atoms with E-state index in [9.17, 15) is 8.78 Å². The molecular formula is C13H15F2N3S. The Morgan fingerprint density at radius 1 is 1.26 bits per heavy atom. The predicted molar refractivity (Wildman–Crippen MR) is 71.8 cm³/mol. The van der Waals surface area contributed by atoms with Crippen molar-refractivity contribution in [3.05, 3.63) is 34.8 Å². The van der Waals surface area contributed by atoms with E-state index in [4.69, 9.17) is 0 Å². The lowest BCUT2D eigenvalue weighted by molar-refractivity contribution is 0.550. The first-order valence-corrected chi connectivity index (χ1v) is 6.86. The molecule has 1 aromatic carbocycles. The molecule has 2 aromatic rings. The SMILES string of the molecule is CC(C)CNCc1nnc(-c2cc(F)ccc2F)s1. The summed E-state index contributed by atoms with van der Waals surface area (Å²) in [5, 5.41) is 12.3. The van der Waals surface area contributed by atoms with Gasteiger partial charge < -0.3 is 5.32 Å². The smallest absolute Gasteiger partial charge is 0.150 e. The molecule has 19 heavy (non-hydrogen) atoms. The van der Waals surface area contributed by atoms with E-state index in [0.29, 0.717) is 17.5 Å². The quantitative estimate of drug-likeness (QED) is 0.915. The molecule has 0 saturated heterocycles. The molecule has 0 aliphatic rings. The molecule has 0 unspecified atom stereocenters. The average Bonchev–Trinajstić information content (AvgIpc) is 2.80. The van der Waals surface area contributed by atoms with Crippen LogP contribution in [0.1, 0.15) is 18.9 Å². The minimum absolute atomic E-state index is 0.160. The molecular weight excluding hydrogens is 268 g/mol. The summed E-state index contributed by atoms with van der Waals surface area (Å²) in [5.74, 6) is -0.418. The summed E-state index contributed by atoms with van der Waals surface area (Å²) in [7, 11) is 0. The summed E-state index contributed by atoms with van der Waals surface area (Å²) >= 11 is 1.27. The van der Waals surface area contributed by atoms with E-state index in [1.807, 2.05) is 0 Å². The monoisotopic (exact) mass is 283 g/mol. The Morgan fingerprint density at radius 2 is 2.05 bits per heavy atom. The zero-order valence-electron chi connectivity index (χ0n) is 10.8. The van der Waals surface area contributed by atoms with Crippen molar-refractivity contribution >= 4 is 11.3 Å². The lowest BCUT2D eigenvalue weighted by atomic mass is 10.2. The molecule has 2 rings (SSSR count). The fourth-order valence-corrected chi connectivity index (χ4v) is 2.39. The van der Waals surface area contributed by atoms with Crippen LogP contribution in [-0.4, -0.2) is 16.7 Å². The molecule has 0 aliphatic carbocycles. The van der Waals surface area contributed by atoms with Crippen molar-refractivity contribution in [2.45, 2.75) is 20.4 Å². The van der Waals surface area contributed by atoms with Crippen molar-refractivity contribution in [3.63, 3.8) is 0 Å². The van der Waals surface area contributed by atoms with E-state index in [1.54, 1.807) is 0 Å². The number of halogens is 2. The van der Waals surface area contributed by atoms with Crippen LogP contribution in [0.15, 0.2) is 18.2 Å². The summed E-state index contributed by atoms with van der Waals surface area (Å²) in [4.78, 5) is 0. The van der Waals surface area contributed by atoms with Gasteiger partial charge in [0.05, 0.1) is 5.56 Å². The third kappa shape index (κ3) is 3.78. The van der Waals surface area contributed by atoms with Crippen LogP contribution in [0.2, 0.25) is 0 Å². The van der Waals surface area contributed by atoms with Crippen LogP contribution >= 0.6 is 11.3 Å². The predicted octanol–water partition coefficient (Wildman–Crippen LogP) is 3.23. The minimum atomic E-state index is -0.487. The van der Waals surface area contributed by atoms with Crippen LogP contribution in [0, 0.1) is 17.6 Å². The van der Waals surface area contributed by atoms with E-state index in [1.165, 1.54) is 11.3 Å². The maximum absolute atomic E-state index is 13.6. The number of hydrogen-bond acceptors (Lipinski definition) is 4. The van der Waals surface area contributed by atoms with Crippen LogP contribution in [-0.2, 0) is 6.54 Å². The molecule has 0 bridgehead atoms. The molecule has 0 radical (unpaired) electrons. The molecule has 1 heterocycles. The average molecular weight is 283 g/mol. The van der Waals surface area contributed by atoms with Crippen molar-refractivity contribution in [3.8, 4) is 10.6 Å². The van der Waals surface area contributed by atoms with Gasteiger partial charge in [-0.25, -0.2) is 8.78 Å². The van der Waals surface area contributed by atoms with Gasteiger partial charge in [-0.3, -0.25) is 0 Å². The topological polar surface area (TPSA) is 37.8 Å². The second-order valence-electron chi connectivity index (χ2n) is 4.65. The fourth-order valence-electron chi connectivity index (χ4n) is 1.56. The molecule has 1 N–H and O–H groups in total. The Bertz CT molecular complexity index is 555. The maximum atomic E-state index is 13.6. The summed E-state index contributed by atoms with van der Waals surface area (Å²) in [6.45, 7) is 5.69. The van der Waals surface area contributed by atoms with Gasteiger partial charge in [0.2, 0.25) is 0 Å². The molecule has 0 aliphatic heterocycles. The summed E-state index contributed by atoms with van der Waals surface area (Å²) in [6.07, 6.45) is 0. The highest BCUT2D eigenvalue weighted by Crippen LogP contribution is 2.26. The first-order valence-electron chi connectivity index (χ1n) is 6.05. The van der Waals surface area contributed by atoms with Gasteiger partial charge in [-0.15, -0.1) is 10.2 Å². The first-order chi connectivity index (χ1) is 9.06. The molecule has 102 valence electrons. The summed E-state index contributed by atoms with van der Waals surface area (Å²) < 4.78 is 26.7. The molecule has 0 fully saturated rings. The summed E-state index contributed by atoms with van der Waals surface area (Å²) in [6, 6.07) is 3.33. The van der Waals surface area contributed by atoms with Crippen LogP contribution in [0.3, 0.4) is 0 Å². The normalized spacial score (nSPS) is 11.2. The third-order valence-electron chi connectivity index (χ3n) is 2.45. The highest BCUT2D eigenvalue weighted by Gasteiger charge is 2.12. The Morgan fingerprint density at radius 3 is 2.79 bits per heavy atom. The second-order valence-corrected chi connectivity index (χ2v) is 5.71. The summed E-state index contributed by atoms with van der Waals surface area (Å²) in [5.41, 5.74) is 0.160. The van der Waals surface area contributed by atoms with E-state index >= 15 is 0 Å². The highest BCUT2D eigenvalue weighted by atomic mass is 32.1. The van der Waals surface area contributed by atoms with Crippen LogP contribution in [0.5, 0.6) is 0 Å². The molecule has 1 aromatic heterocycles. The number of nitrogens with zero attached hydrogens (tertiary/aromatic N) is 2. The fraction of sp³-hybridized carbons (Fsp3) is 0.385. The van der Waals surface area contributed by atoms with Gasteiger partial charge in [0.1, 0.15) is 16.6 Å². The lowest BCUT2D eigenvalue weighted by Gasteiger charge is -2.04. The Labute approximate surface area is 114 Å². The van der Waals surface area contributed by atoms with E-state index in [-0.39, 0.29) is 5.56 Å². The number of aromatic nitrogens is 2. The third-order valence-corrected chi connectivity index (χ3v) is 3.41. The van der Waals surface area contributed by atoms with Gasteiger partial charge in [0, 0.05) is 6.54 Å². The van der Waals surface area contributed by atoms with Gasteiger partial charge in [-0.1, -0.05) is 25.2 Å². The van der Waals surface area contributed by atoms with E-state index < -0.39 is 11.6 Å². The van der Waals surface area contributed by atoms with Gasteiger partial charge in [-0.05, 0) is 30.7 Å². The Balaban J connectivity index is 2.10. The number of nitrogens with one attached hydrogen (secondary N) is 1. The Kier molecular flexibility index (Phi) is 4.55. The number of hydrogen-bond donors (Lipinski definition) is 1. The van der Waals surface area contributed by atoms with Gasteiger partial charge in [0.25, 0.3) is 0 Å². The number of rotatable bonds is 5. The molecule has 0 saturated carbocycles. The van der Waals surface area contributed by atoms with E-state index in [2.05, 4.69) is 29.4 Å². The van der Waals surface area contributed by atoms with Crippen molar-refractivity contribution in [1.82, 2.24) is 15.5 Å². The largest absolute Gasteiger partial charge is 0.310 e. The van der Waals surface area contributed by atoms with Crippen molar-refractivity contribution in [2.24, 2.45) is 5.92 Å². The van der Waals surface area contributed by atoms with Crippen molar-refractivity contribution in [1.29, 1.82) is 0 Å². The highest BCUT2D eigenvalue weighted by molar-refractivity contribution is 7.14. The molecule has 3 nitrogen and oxygen atoms in total. The molecule has 6 heteroatoms. The van der Waals surface area contributed by atoms with Crippen LogP contribution in [0.4, 0.5) is 8.78 Å². The number of benzene rings is 1. The maximum Gasteiger partial charge on any atom is 0.150 e. The zero-order chi connectivity index (χ0) is 13.8. The van der Waals surface area contributed by atoms with Gasteiger partial charge in [-0.2, -0.15) is 0 Å².